The average molecular weight is 279 g/mol. The minimum Gasteiger partial charge on any atom is -0.347 e. The highest BCUT2D eigenvalue weighted by molar-refractivity contribution is 6.31. The molecule has 0 radical (unpaired) electrons. The summed E-state index contributed by atoms with van der Waals surface area (Å²) >= 11 is 6.24. The molecule has 1 aromatic carbocycles. The van der Waals surface area contributed by atoms with Crippen LogP contribution in [0.4, 0.5) is 0 Å². The van der Waals surface area contributed by atoms with Gasteiger partial charge in [0.2, 0.25) is 5.91 Å². The first-order chi connectivity index (χ1) is 9.20. The second-order valence-corrected chi connectivity index (χ2v) is 6.08. The maximum Gasteiger partial charge on any atom is 0.221 e. The van der Waals surface area contributed by atoms with E-state index in [2.05, 4.69) is 10.6 Å². The number of halogens is 1. The Hall–Kier alpha value is -1.06. The summed E-state index contributed by atoms with van der Waals surface area (Å²) in [6, 6.07) is 7.82. The predicted molar refractivity (Wildman–Crippen MR) is 76.1 cm³/mol. The second-order valence-electron chi connectivity index (χ2n) is 5.67. The number of hydrogen-bond donors (Lipinski definition) is 2. The summed E-state index contributed by atoms with van der Waals surface area (Å²) in [6.07, 6.45) is 3.71. The van der Waals surface area contributed by atoms with E-state index in [1.807, 2.05) is 24.3 Å². The van der Waals surface area contributed by atoms with E-state index >= 15 is 0 Å². The van der Waals surface area contributed by atoms with Crippen LogP contribution < -0.4 is 10.6 Å². The number of benzene rings is 1. The van der Waals surface area contributed by atoms with Crippen molar-refractivity contribution in [2.45, 2.75) is 31.2 Å². The van der Waals surface area contributed by atoms with Crippen molar-refractivity contribution in [1.29, 1.82) is 0 Å². The largest absolute Gasteiger partial charge is 0.347 e. The van der Waals surface area contributed by atoms with Gasteiger partial charge in [0.25, 0.3) is 0 Å². The van der Waals surface area contributed by atoms with Gasteiger partial charge in [-0.3, -0.25) is 4.79 Å². The van der Waals surface area contributed by atoms with Gasteiger partial charge in [0.1, 0.15) is 0 Å². The Bertz CT molecular complexity index is 479. The molecule has 1 aromatic rings. The summed E-state index contributed by atoms with van der Waals surface area (Å²) in [5.41, 5.74) is 0.871. The smallest absolute Gasteiger partial charge is 0.221 e. The van der Waals surface area contributed by atoms with Gasteiger partial charge in [0.05, 0.1) is 5.54 Å². The van der Waals surface area contributed by atoms with Gasteiger partial charge in [0, 0.05) is 11.4 Å². The molecule has 0 spiro atoms. The van der Waals surface area contributed by atoms with Gasteiger partial charge in [-0.05, 0) is 49.9 Å². The second kappa shape index (κ2) is 5.14. The number of carbonyl (C=O) groups excluding carboxylic acids is 1. The quantitative estimate of drug-likeness (QED) is 0.888. The molecule has 1 unspecified atom stereocenters. The van der Waals surface area contributed by atoms with Crippen LogP contribution >= 0.6 is 11.6 Å². The van der Waals surface area contributed by atoms with E-state index in [0.717, 1.165) is 42.9 Å². The van der Waals surface area contributed by atoms with Gasteiger partial charge in [-0.25, -0.2) is 0 Å². The van der Waals surface area contributed by atoms with Gasteiger partial charge in [0.15, 0.2) is 0 Å². The van der Waals surface area contributed by atoms with Gasteiger partial charge in [-0.2, -0.15) is 0 Å². The zero-order chi connectivity index (χ0) is 13.3. The molecule has 19 heavy (non-hydrogen) atoms. The first-order valence-corrected chi connectivity index (χ1v) is 7.34. The van der Waals surface area contributed by atoms with Crippen molar-refractivity contribution in [3.8, 4) is 0 Å². The zero-order valence-corrected chi connectivity index (χ0v) is 11.7. The molecule has 102 valence electrons. The van der Waals surface area contributed by atoms with Crippen LogP contribution in [0.1, 0.15) is 31.2 Å². The Kier molecular flexibility index (Phi) is 3.50. The molecule has 1 saturated carbocycles. The van der Waals surface area contributed by atoms with Crippen LogP contribution in [-0.2, 0) is 10.3 Å². The van der Waals surface area contributed by atoms with E-state index in [-0.39, 0.29) is 11.4 Å². The topological polar surface area (TPSA) is 41.1 Å². The summed E-state index contributed by atoms with van der Waals surface area (Å²) in [5.74, 6) is 0.646. The Labute approximate surface area is 118 Å². The zero-order valence-electron chi connectivity index (χ0n) is 10.9. The lowest BCUT2D eigenvalue weighted by atomic mass is 10.0. The van der Waals surface area contributed by atoms with Crippen LogP contribution in [0.5, 0.6) is 0 Å². The lowest BCUT2D eigenvalue weighted by Crippen LogP contribution is -2.36. The third-order valence-corrected chi connectivity index (χ3v) is 4.48. The number of nitrogens with one attached hydrogen (secondary N) is 2. The maximum atomic E-state index is 12.2. The number of carbonyl (C=O) groups is 1. The number of amides is 1. The van der Waals surface area contributed by atoms with Crippen molar-refractivity contribution in [3.63, 3.8) is 0 Å². The van der Waals surface area contributed by atoms with Crippen molar-refractivity contribution >= 4 is 17.5 Å². The molecule has 0 aromatic heterocycles. The van der Waals surface area contributed by atoms with Crippen LogP contribution in [0.15, 0.2) is 24.3 Å². The van der Waals surface area contributed by atoms with Crippen LogP contribution in [0.3, 0.4) is 0 Å². The molecule has 0 bridgehead atoms. The molecule has 3 nitrogen and oxygen atoms in total. The Morgan fingerprint density at radius 1 is 1.42 bits per heavy atom. The van der Waals surface area contributed by atoms with E-state index in [1.54, 1.807) is 0 Å². The van der Waals surface area contributed by atoms with Crippen molar-refractivity contribution in [3.05, 3.63) is 34.9 Å². The lowest BCUT2D eigenvalue weighted by molar-refractivity contribution is -0.122. The molecule has 2 aliphatic rings. The molecule has 1 atom stereocenters. The molecular formula is C15H19ClN2O. The van der Waals surface area contributed by atoms with Crippen LogP contribution in [0, 0.1) is 5.92 Å². The van der Waals surface area contributed by atoms with Crippen molar-refractivity contribution in [1.82, 2.24) is 10.6 Å². The summed E-state index contributed by atoms with van der Waals surface area (Å²) in [6.45, 7) is 2.00. The summed E-state index contributed by atoms with van der Waals surface area (Å²) < 4.78 is 0. The normalized spacial score (nSPS) is 24.2. The molecule has 1 saturated heterocycles. The molecule has 4 heteroatoms. The Morgan fingerprint density at radius 3 is 2.84 bits per heavy atom. The van der Waals surface area contributed by atoms with Crippen molar-refractivity contribution in [2.75, 3.05) is 13.1 Å². The molecule has 2 fully saturated rings. The highest BCUT2D eigenvalue weighted by Crippen LogP contribution is 2.48. The van der Waals surface area contributed by atoms with Crippen LogP contribution in [0.2, 0.25) is 5.02 Å². The van der Waals surface area contributed by atoms with Crippen LogP contribution in [-0.4, -0.2) is 19.0 Å². The third-order valence-electron chi connectivity index (χ3n) is 4.15. The first kappa shape index (κ1) is 12.9. The van der Waals surface area contributed by atoms with E-state index < -0.39 is 0 Å². The van der Waals surface area contributed by atoms with E-state index in [4.69, 9.17) is 11.6 Å². The minimum atomic E-state index is -0.193. The fraction of sp³-hybridized carbons (Fsp3) is 0.533. The van der Waals surface area contributed by atoms with E-state index in [1.165, 1.54) is 0 Å². The van der Waals surface area contributed by atoms with Gasteiger partial charge in [-0.15, -0.1) is 0 Å². The molecule has 3 rings (SSSR count). The molecule has 2 N–H and O–H groups in total. The first-order valence-electron chi connectivity index (χ1n) is 6.96. The summed E-state index contributed by atoms with van der Waals surface area (Å²) in [7, 11) is 0. The fourth-order valence-electron chi connectivity index (χ4n) is 2.90. The predicted octanol–water partition coefficient (Wildman–Crippen LogP) is 2.44. The van der Waals surface area contributed by atoms with Crippen molar-refractivity contribution in [2.24, 2.45) is 5.92 Å². The standard InChI is InChI=1S/C15H19ClN2O/c16-13-4-2-1-3-12(13)15(6-7-15)18-14(19)9-11-5-8-17-10-11/h1-4,11,17H,5-10H2,(H,18,19). The average Bonchev–Trinajstić information content (AvgIpc) is 2.97. The van der Waals surface area contributed by atoms with Gasteiger partial charge < -0.3 is 10.6 Å². The monoisotopic (exact) mass is 278 g/mol. The highest BCUT2D eigenvalue weighted by atomic mass is 35.5. The fourth-order valence-corrected chi connectivity index (χ4v) is 3.22. The van der Waals surface area contributed by atoms with Crippen LogP contribution in [0.25, 0.3) is 0 Å². The maximum absolute atomic E-state index is 12.2. The van der Waals surface area contributed by atoms with E-state index in [9.17, 15) is 4.79 Å². The molecule has 1 heterocycles. The Morgan fingerprint density at radius 2 is 2.21 bits per heavy atom. The SMILES string of the molecule is O=C(CC1CCNC1)NC1(c2ccccc2Cl)CC1. The number of rotatable bonds is 4. The number of hydrogen-bond acceptors (Lipinski definition) is 2. The van der Waals surface area contributed by atoms with Crippen molar-refractivity contribution < 1.29 is 4.79 Å². The molecular weight excluding hydrogens is 260 g/mol. The third kappa shape index (κ3) is 2.77. The molecule has 1 aliphatic carbocycles. The Balaban J connectivity index is 1.65. The summed E-state index contributed by atoms with van der Waals surface area (Å²) in [5, 5.41) is 7.25. The van der Waals surface area contributed by atoms with Gasteiger partial charge >= 0.3 is 0 Å². The minimum absolute atomic E-state index is 0.158. The lowest BCUT2D eigenvalue weighted by Gasteiger charge is -2.20. The molecule has 1 aliphatic heterocycles. The van der Waals surface area contributed by atoms with Gasteiger partial charge in [-0.1, -0.05) is 29.8 Å². The van der Waals surface area contributed by atoms with E-state index in [0.29, 0.717) is 12.3 Å². The highest BCUT2D eigenvalue weighted by Gasteiger charge is 2.46. The summed E-state index contributed by atoms with van der Waals surface area (Å²) in [4.78, 5) is 12.2. The molecule has 1 amide bonds.